The van der Waals surface area contributed by atoms with Crippen LogP contribution in [0.15, 0.2) is 34.7 Å². The average molecular weight is 371 g/mol. The largest absolute Gasteiger partial charge is 0.480 e. The smallest absolute Gasteiger partial charge is 0.419 e. The summed E-state index contributed by atoms with van der Waals surface area (Å²) in [6, 6.07) is 5.84. The maximum Gasteiger partial charge on any atom is 0.419 e. The second-order valence-corrected chi connectivity index (χ2v) is 5.46. The second-order valence-electron chi connectivity index (χ2n) is 5.46. The number of carboxylic acids is 1. The van der Waals surface area contributed by atoms with E-state index >= 15 is 0 Å². The van der Waals surface area contributed by atoms with Gasteiger partial charge in [-0.3, -0.25) is 4.79 Å². The molecule has 1 aromatic carbocycles. The number of aryl methyl sites for hydroxylation is 1. The summed E-state index contributed by atoms with van der Waals surface area (Å²) in [5.41, 5.74) is -1.01. The Morgan fingerprint density at radius 3 is 2.54 bits per heavy atom. The predicted octanol–water partition coefficient (Wildman–Crippen LogP) is 3.39. The van der Waals surface area contributed by atoms with Gasteiger partial charge in [0.25, 0.3) is 5.91 Å². The molecule has 0 spiro atoms. The molecule has 140 valence electrons. The Morgan fingerprint density at radius 2 is 1.96 bits per heavy atom. The number of amides is 1. The van der Waals surface area contributed by atoms with Crippen molar-refractivity contribution in [3.8, 4) is 5.75 Å². The monoisotopic (exact) mass is 371 g/mol. The van der Waals surface area contributed by atoms with Crippen LogP contribution in [-0.4, -0.2) is 23.1 Å². The van der Waals surface area contributed by atoms with Crippen LogP contribution in [-0.2, 0) is 17.5 Å². The molecule has 26 heavy (non-hydrogen) atoms. The number of carbonyl (C=O) groups is 2. The Hall–Kier alpha value is -2.97. The van der Waals surface area contributed by atoms with Gasteiger partial charge in [0.2, 0.25) is 0 Å². The van der Waals surface area contributed by atoms with Gasteiger partial charge >= 0.3 is 12.1 Å². The van der Waals surface area contributed by atoms with Gasteiger partial charge < -0.3 is 19.6 Å². The quantitative estimate of drug-likeness (QED) is 0.813. The third-order valence-electron chi connectivity index (χ3n) is 3.50. The molecule has 1 amide bonds. The number of aromatic carboxylic acids is 1. The lowest BCUT2D eigenvalue weighted by atomic mass is 10.2. The molecule has 0 aliphatic rings. The molecule has 0 radical (unpaired) electrons. The van der Waals surface area contributed by atoms with Crippen LogP contribution in [0, 0.1) is 6.92 Å². The van der Waals surface area contributed by atoms with Crippen molar-refractivity contribution in [1.29, 1.82) is 0 Å². The van der Waals surface area contributed by atoms with Crippen LogP contribution >= 0.6 is 0 Å². The standard InChI is InChI=1S/C17H16F3NO5/c1-9-12(16(23)24)7-11(25-9)8-21-15(22)10(2)26-14-6-4-3-5-13(14)17(18,19)20/h3-7,10H,8H2,1-2H3,(H,21,22)(H,23,24). The Bertz CT molecular complexity index is 813. The summed E-state index contributed by atoms with van der Waals surface area (Å²) in [4.78, 5) is 23.0. The molecule has 6 nitrogen and oxygen atoms in total. The van der Waals surface area contributed by atoms with E-state index in [0.29, 0.717) is 0 Å². The van der Waals surface area contributed by atoms with Gasteiger partial charge in [-0.25, -0.2) is 4.79 Å². The SMILES string of the molecule is Cc1oc(CNC(=O)C(C)Oc2ccccc2C(F)(F)F)cc1C(=O)O. The molecule has 1 heterocycles. The molecular weight excluding hydrogens is 355 g/mol. The van der Waals surface area contributed by atoms with Crippen molar-refractivity contribution >= 4 is 11.9 Å². The summed E-state index contributed by atoms with van der Waals surface area (Å²) >= 11 is 0. The zero-order valence-electron chi connectivity index (χ0n) is 13.9. The summed E-state index contributed by atoms with van der Waals surface area (Å²) < 4.78 is 49.1. The number of ether oxygens (including phenoxy) is 1. The molecule has 0 fully saturated rings. The highest BCUT2D eigenvalue weighted by Gasteiger charge is 2.34. The van der Waals surface area contributed by atoms with E-state index in [4.69, 9.17) is 14.3 Å². The second kappa shape index (κ2) is 7.51. The molecule has 0 saturated carbocycles. The topological polar surface area (TPSA) is 88.8 Å². The molecule has 0 aliphatic carbocycles. The Balaban J connectivity index is 2.01. The summed E-state index contributed by atoms with van der Waals surface area (Å²) in [7, 11) is 0. The normalized spacial score (nSPS) is 12.5. The van der Waals surface area contributed by atoms with Crippen molar-refractivity contribution in [3.05, 3.63) is 53.0 Å². The maximum atomic E-state index is 12.9. The molecule has 2 aromatic rings. The van der Waals surface area contributed by atoms with E-state index < -0.39 is 35.5 Å². The fourth-order valence-electron chi connectivity index (χ4n) is 2.21. The number of furan rings is 1. The zero-order valence-corrected chi connectivity index (χ0v) is 13.9. The van der Waals surface area contributed by atoms with Crippen molar-refractivity contribution in [2.24, 2.45) is 0 Å². The number of alkyl halides is 3. The Labute approximate surface area is 146 Å². The van der Waals surface area contributed by atoms with Gasteiger partial charge in [0.05, 0.1) is 12.1 Å². The van der Waals surface area contributed by atoms with E-state index in [-0.39, 0.29) is 23.6 Å². The van der Waals surface area contributed by atoms with Gasteiger partial charge in [-0.15, -0.1) is 0 Å². The lowest BCUT2D eigenvalue weighted by molar-refractivity contribution is -0.140. The van der Waals surface area contributed by atoms with Crippen LogP contribution in [0.3, 0.4) is 0 Å². The minimum Gasteiger partial charge on any atom is -0.480 e. The number of rotatable bonds is 6. The van der Waals surface area contributed by atoms with E-state index in [1.54, 1.807) is 0 Å². The van der Waals surface area contributed by atoms with Crippen molar-refractivity contribution in [1.82, 2.24) is 5.32 Å². The highest BCUT2D eigenvalue weighted by Crippen LogP contribution is 2.36. The van der Waals surface area contributed by atoms with Gasteiger partial charge in [-0.2, -0.15) is 13.2 Å². The van der Waals surface area contributed by atoms with Crippen molar-refractivity contribution in [2.75, 3.05) is 0 Å². The number of hydrogen-bond acceptors (Lipinski definition) is 4. The predicted molar refractivity (Wildman–Crippen MR) is 83.8 cm³/mol. The van der Waals surface area contributed by atoms with Crippen LogP contribution in [0.25, 0.3) is 0 Å². The molecular formula is C17H16F3NO5. The maximum absolute atomic E-state index is 12.9. The number of halogens is 3. The molecule has 2 rings (SSSR count). The molecule has 2 N–H and O–H groups in total. The number of carbonyl (C=O) groups excluding carboxylic acids is 1. The molecule has 1 unspecified atom stereocenters. The van der Waals surface area contributed by atoms with Crippen molar-refractivity contribution in [3.63, 3.8) is 0 Å². The van der Waals surface area contributed by atoms with E-state index in [1.807, 2.05) is 0 Å². The third-order valence-corrected chi connectivity index (χ3v) is 3.50. The molecule has 9 heteroatoms. The van der Waals surface area contributed by atoms with Crippen LogP contribution in [0.4, 0.5) is 13.2 Å². The number of carboxylic acid groups (broad SMARTS) is 1. The van der Waals surface area contributed by atoms with Gasteiger partial charge in [-0.05, 0) is 32.0 Å². The number of para-hydroxylation sites is 1. The lowest BCUT2D eigenvalue weighted by Crippen LogP contribution is -2.36. The van der Waals surface area contributed by atoms with Crippen molar-refractivity contribution in [2.45, 2.75) is 32.7 Å². The molecule has 0 saturated heterocycles. The molecule has 0 aliphatic heterocycles. The Morgan fingerprint density at radius 1 is 1.31 bits per heavy atom. The van der Waals surface area contributed by atoms with E-state index in [0.717, 1.165) is 12.1 Å². The summed E-state index contributed by atoms with van der Waals surface area (Å²) in [6.07, 6.45) is -5.81. The fraction of sp³-hybridized carbons (Fsp3) is 0.294. The van der Waals surface area contributed by atoms with Gasteiger partial charge in [-0.1, -0.05) is 12.1 Å². The van der Waals surface area contributed by atoms with Crippen LogP contribution in [0.1, 0.15) is 34.4 Å². The van der Waals surface area contributed by atoms with Crippen molar-refractivity contribution < 1.29 is 37.0 Å². The fourth-order valence-corrected chi connectivity index (χ4v) is 2.21. The number of hydrogen-bond donors (Lipinski definition) is 2. The first-order valence-electron chi connectivity index (χ1n) is 7.52. The first-order valence-corrected chi connectivity index (χ1v) is 7.52. The third kappa shape index (κ3) is 4.56. The summed E-state index contributed by atoms with van der Waals surface area (Å²) in [5.74, 6) is -1.90. The van der Waals surface area contributed by atoms with Gasteiger partial charge in [0.15, 0.2) is 6.10 Å². The first kappa shape index (κ1) is 19.4. The van der Waals surface area contributed by atoms with Crippen LogP contribution < -0.4 is 10.1 Å². The molecule has 1 aromatic heterocycles. The number of benzene rings is 1. The van der Waals surface area contributed by atoms with E-state index in [2.05, 4.69) is 5.32 Å². The number of nitrogens with one attached hydrogen (secondary N) is 1. The average Bonchev–Trinajstić information content (AvgIpc) is 2.93. The van der Waals surface area contributed by atoms with E-state index in [9.17, 15) is 22.8 Å². The first-order chi connectivity index (χ1) is 12.1. The summed E-state index contributed by atoms with van der Waals surface area (Å²) in [5, 5.41) is 11.4. The lowest BCUT2D eigenvalue weighted by Gasteiger charge is -2.18. The minimum atomic E-state index is -4.61. The zero-order chi connectivity index (χ0) is 19.5. The molecule has 0 bridgehead atoms. The van der Waals surface area contributed by atoms with E-state index in [1.165, 1.54) is 32.0 Å². The molecule has 1 atom stereocenters. The van der Waals surface area contributed by atoms with Gasteiger partial charge in [0, 0.05) is 0 Å². The van der Waals surface area contributed by atoms with Crippen LogP contribution in [0.2, 0.25) is 0 Å². The Kier molecular flexibility index (Phi) is 5.59. The highest BCUT2D eigenvalue weighted by atomic mass is 19.4. The summed E-state index contributed by atoms with van der Waals surface area (Å²) in [6.45, 7) is 2.65. The van der Waals surface area contributed by atoms with Crippen LogP contribution in [0.5, 0.6) is 5.75 Å². The minimum absolute atomic E-state index is 0.0300. The highest BCUT2D eigenvalue weighted by molar-refractivity contribution is 5.88. The van der Waals surface area contributed by atoms with Gasteiger partial charge in [0.1, 0.15) is 22.8 Å².